The maximum Gasteiger partial charge on any atom is 0.281 e. The second-order valence-electron chi connectivity index (χ2n) is 10.1. The largest absolute Gasteiger partial charge is 0.491 e. The quantitative estimate of drug-likeness (QED) is 0.407. The van der Waals surface area contributed by atoms with Gasteiger partial charge in [0.1, 0.15) is 17.2 Å². The van der Waals surface area contributed by atoms with Gasteiger partial charge in [-0.05, 0) is 44.5 Å². The summed E-state index contributed by atoms with van der Waals surface area (Å²) in [6.45, 7) is 10.2. The summed E-state index contributed by atoms with van der Waals surface area (Å²) < 4.78 is 19.6. The molecule has 1 fully saturated rings. The summed E-state index contributed by atoms with van der Waals surface area (Å²) in [5.74, 6) is 1.52. The highest BCUT2D eigenvalue weighted by Gasteiger charge is 2.23. The number of ether oxygens (including phenoxy) is 3. The molecule has 2 aliphatic rings. The zero-order chi connectivity index (χ0) is 28.2. The number of methoxy groups -OCH3 is 1. The number of pyridine rings is 1. The lowest BCUT2D eigenvalue weighted by atomic mass is 10.2. The molecule has 12 nitrogen and oxygen atoms in total. The smallest absolute Gasteiger partial charge is 0.281 e. The molecular formula is C28H35N7O5. The van der Waals surface area contributed by atoms with Crippen LogP contribution in [0.2, 0.25) is 0 Å². The number of carbonyl (C=O) groups is 2. The lowest BCUT2D eigenvalue weighted by Gasteiger charge is -2.35. The molecule has 1 aromatic carbocycles. The van der Waals surface area contributed by atoms with Gasteiger partial charge in [0.05, 0.1) is 31.5 Å². The fourth-order valence-electron chi connectivity index (χ4n) is 5.21. The molecule has 0 saturated carbocycles. The van der Waals surface area contributed by atoms with E-state index in [2.05, 4.69) is 39.4 Å². The second-order valence-corrected chi connectivity index (χ2v) is 10.1. The number of rotatable bonds is 8. The normalized spacial score (nSPS) is 19.2. The number of morpholine rings is 1. The van der Waals surface area contributed by atoms with Gasteiger partial charge in [0.2, 0.25) is 11.5 Å². The molecule has 2 aromatic heterocycles. The molecule has 0 aliphatic carbocycles. The first kappa shape index (κ1) is 27.5. The van der Waals surface area contributed by atoms with Gasteiger partial charge in [0, 0.05) is 51.2 Å². The topological polar surface area (TPSA) is 132 Å². The van der Waals surface area contributed by atoms with Gasteiger partial charge >= 0.3 is 0 Å². The van der Waals surface area contributed by atoms with Crippen molar-refractivity contribution in [1.82, 2.24) is 19.4 Å². The van der Waals surface area contributed by atoms with Gasteiger partial charge in [-0.2, -0.15) is 4.99 Å². The minimum atomic E-state index is -0.492. The number of carbonyl (C=O) groups excluding carboxylic acids is 2. The Morgan fingerprint density at radius 3 is 2.70 bits per heavy atom. The van der Waals surface area contributed by atoms with Gasteiger partial charge in [-0.15, -0.1) is 0 Å². The minimum Gasteiger partial charge on any atom is -0.491 e. The van der Waals surface area contributed by atoms with Crippen molar-refractivity contribution in [3.05, 3.63) is 41.6 Å². The Hall–Kier alpha value is -4.03. The standard InChI is InChI=1S/C28H35N7O5/c1-17-15-34(16-18(2)40-17)11-5-13-39-22-8-7-21-24(25(22)38-4)32-28(35-12-10-29-26(21)35)33-27(37)20-6-9-23(30-14-20)31-19(3)36/h6-9,14,17-18,29H,5,10-13,15-16H2,1-4H3,(H,30,31,36). The molecule has 4 heterocycles. The van der Waals surface area contributed by atoms with Crippen molar-refractivity contribution in [3.8, 4) is 11.5 Å². The Balaban J connectivity index is 1.38. The Bertz CT molecular complexity index is 1460. The monoisotopic (exact) mass is 549 g/mol. The molecule has 2 amide bonds. The number of amides is 2. The van der Waals surface area contributed by atoms with E-state index in [4.69, 9.17) is 19.2 Å². The molecule has 5 rings (SSSR count). The van der Waals surface area contributed by atoms with E-state index in [0.717, 1.165) is 37.3 Å². The minimum absolute atomic E-state index is 0.232. The van der Waals surface area contributed by atoms with Crippen LogP contribution in [0, 0.1) is 0 Å². The number of hydrogen-bond donors (Lipinski definition) is 2. The third-order valence-corrected chi connectivity index (χ3v) is 6.79. The van der Waals surface area contributed by atoms with Crippen LogP contribution in [0.25, 0.3) is 10.9 Å². The van der Waals surface area contributed by atoms with Crippen LogP contribution in [0.1, 0.15) is 37.6 Å². The summed E-state index contributed by atoms with van der Waals surface area (Å²) in [4.78, 5) is 39.9. The number of aromatic nitrogens is 3. The first-order valence-electron chi connectivity index (χ1n) is 13.5. The molecule has 12 heteroatoms. The van der Waals surface area contributed by atoms with E-state index in [-0.39, 0.29) is 29.3 Å². The molecule has 2 N–H and O–H groups in total. The molecule has 212 valence electrons. The molecule has 3 aromatic rings. The maximum absolute atomic E-state index is 13.0. The average molecular weight is 550 g/mol. The molecule has 0 radical (unpaired) electrons. The van der Waals surface area contributed by atoms with E-state index in [1.54, 1.807) is 19.2 Å². The van der Waals surface area contributed by atoms with Crippen molar-refractivity contribution in [2.24, 2.45) is 4.99 Å². The molecule has 2 atom stereocenters. The summed E-state index contributed by atoms with van der Waals surface area (Å²) in [6, 6.07) is 6.97. The molecule has 0 bridgehead atoms. The van der Waals surface area contributed by atoms with Gasteiger partial charge in [0.25, 0.3) is 5.91 Å². The second kappa shape index (κ2) is 12.0. The summed E-state index contributed by atoms with van der Waals surface area (Å²) in [5.41, 5.74) is 1.10. The van der Waals surface area contributed by atoms with E-state index in [9.17, 15) is 9.59 Å². The first-order chi connectivity index (χ1) is 19.3. The third-order valence-electron chi connectivity index (χ3n) is 6.79. The van der Waals surface area contributed by atoms with E-state index >= 15 is 0 Å². The van der Waals surface area contributed by atoms with Crippen LogP contribution >= 0.6 is 0 Å². The van der Waals surface area contributed by atoms with Crippen LogP contribution in [-0.2, 0) is 16.1 Å². The summed E-state index contributed by atoms with van der Waals surface area (Å²) in [6.07, 6.45) is 2.71. The molecule has 0 spiro atoms. The Morgan fingerprint density at radius 1 is 1.20 bits per heavy atom. The van der Waals surface area contributed by atoms with Gasteiger partial charge in [-0.1, -0.05) is 0 Å². The van der Waals surface area contributed by atoms with Crippen molar-refractivity contribution in [3.63, 3.8) is 0 Å². The van der Waals surface area contributed by atoms with Crippen molar-refractivity contribution in [2.75, 3.05) is 50.5 Å². The summed E-state index contributed by atoms with van der Waals surface area (Å²) >= 11 is 0. The van der Waals surface area contributed by atoms with Gasteiger partial charge in [-0.25, -0.2) is 9.97 Å². The lowest BCUT2D eigenvalue weighted by Crippen LogP contribution is -2.45. The van der Waals surface area contributed by atoms with E-state index in [1.165, 1.54) is 13.1 Å². The number of nitrogens with one attached hydrogen (secondary N) is 2. The van der Waals surface area contributed by atoms with Crippen LogP contribution < -0.4 is 25.7 Å². The number of anilines is 2. The fourth-order valence-corrected chi connectivity index (χ4v) is 5.21. The molecule has 2 unspecified atom stereocenters. The molecule has 1 saturated heterocycles. The SMILES string of the molecule is COc1c(OCCCN2CC(C)OC(C)C2)ccc2c3n(c(=NC(=O)c4ccc(NC(C)=O)nc4)nc12)CCN3. The van der Waals surface area contributed by atoms with Gasteiger partial charge in [0.15, 0.2) is 11.5 Å². The van der Waals surface area contributed by atoms with Crippen LogP contribution in [0.4, 0.5) is 11.6 Å². The van der Waals surface area contributed by atoms with E-state index in [0.29, 0.717) is 42.5 Å². The van der Waals surface area contributed by atoms with Crippen molar-refractivity contribution in [1.29, 1.82) is 0 Å². The summed E-state index contributed by atoms with van der Waals surface area (Å²) in [5, 5.41) is 6.81. The van der Waals surface area contributed by atoms with Crippen LogP contribution in [0.5, 0.6) is 11.5 Å². The van der Waals surface area contributed by atoms with E-state index in [1.807, 2.05) is 16.7 Å². The predicted octanol–water partition coefficient (Wildman–Crippen LogP) is 2.44. The lowest BCUT2D eigenvalue weighted by molar-refractivity contribution is -0.114. The number of hydrogen-bond acceptors (Lipinski definition) is 9. The van der Waals surface area contributed by atoms with Crippen LogP contribution in [0.3, 0.4) is 0 Å². The Morgan fingerprint density at radius 2 is 2.00 bits per heavy atom. The third kappa shape index (κ3) is 6.07. The Labute approximate surface area is 232 Å². The highest BCUT2D eigenvalue weighted by atomic mass is 16.5. The zero-order valence-electron chi connectivity index (χ0n) is 23.3. The number of fused-ring (bicyclic) bond motifs is 3. The molecule has 2 aliphatic heterocycles. The maximum atomic E-state index is 13.0. The van der Waals surface area contributed by atoms with Gasteiger partial charge < -0.3 is 24.8 Å². The Kier molecular flexibility index (Phi) is 8.27. The first-order valence-corrected chi connectivity index (χ1v) is 13.5. The highest BCUT2D eigenvalue weighted by Crippen LogP contribution is 2.37. The molecule has 40 heavy (non-hydrogen) atoms. The fraction of sp³-hybridized carbons (Fsp3) is 0.464. The molecular weight excluding hydrogens is 514 g/mol. The van der Waals surface area contributed by atoms with Gasteiger partial charge in [-0.3, -0.25) is 19.1 Å². The zero-order valence-corrected chi connectivity index (χ0v) is 23.3. The predicted molar refractivity (Wildman–Crippen MR) is 150 cm³/mol. The van der Waals surface area contributed by atoms with Crippen molar-refractivity contribution < 1.29 is 23.8 Å². The number of nitrogens with zero attached hydrogens (tertiary/aromatic N) is 5. The van der Waals surface area contributed by atoms with Crippen molar-refractivity contribution >= 4 is 34.4 Å². The van der Waals surface area contributed by atoms with E-state index < -0.39 is 5.91 Å². The average Bonchev–Trinajstić information content (AvgIpc) is 3.41. The highest BCUT2D eigenvalue weighted by molar-refractivity contribution is 5.97. The van der Waals surface area contributed by atoms with Crippen molar-refractivity contribution in [2.45, 2.75) is 45.9 Å². The van der Waals surface area contributed by atoms with Crippen LogP contribution in [0.15, 0.2) is 35.5 Å². The van der Waals surface area contributed by atoms with Crippen LogP contribution in [-0.4, -0.2) is 83.4 Å². The summed E-state index contributed by atoms with van der Waals surface area (Å²) in [7, 11) is 1.58. The number of benzene rings is 1.